The molecule has 5 nitrogen and oxygen atoms in total. The van der Waals surface area contributed by atoms with Gasteiger partial charge in [-0.05, 0) is 49.4 Å². The van der Waals surface area contributed by atoms with E-state index in [9.17, 15) is 4.79 Å². The average molecular weight is 299 g/mol. The number of aromatic nitrogens is 2. The second-order valence-corrected chi connectivity index (χ2v) is 5.87. The quantitative estimate of drug-likeness (QED) is 0.863. The zero-order valence-corrected chi connectivity index (χ0v) is 13.0. The third-order valence-electron chi connectivity index (χ3n) is 4.29. The van der Waals surface area contributed by atoms with Crippen molar-refractivity contribution in [1.29, 1.82) is 0 Å². The molecule has 1 aromatic heterocycles. The molecular formula is C17H21N3O2. The summed E-state index contributed by atoms with van der Waals surface area (Å²) in [6.07, 6.45) is 1.77. The molecule has 0 amide bonds. The number of ether oxygens (including phenoxy) is 1. The standard InChI is InChI=1S/C17H21N3O2/c1-11-3-4-13(18)9-14(11)16-10-15(17(21)20(2)19-16)12-5-7-22-8-6-12/h3-4,9-10,12H,5-8,18H2,1-2H3. The van der Waals surface area contributed by atoms with Crippen molar-refractivity contribution < 1.29 is 4.74 Å². The highest BCUT2D eigenvalue weighted by atomic mass is 16.5. The van der Waals surface area contributed by atoms with Gasteiger partial charge in [-0.3, -0.25) is 4.79 Å². The zero-order chi connectivity index (χ0) is 15.7. The lowest BCUT2D eigenvalue weighted by Crippen LogP contribution is -2.28. The van der Waals surface area contributed by atoms with E-state index in [2.05, 4.69) is 5.10 Å². The number of hydrogen-bond acceptors (Lipinski definition) is 4. The summed E-state index contributed by atoms with van der Waals surface area (Å²) in [6.45, 7) is 3.45. The van der Waals surface area contributed by atoms with Crippen LogP contribution in [0.5, 0.6) is 0 Å². The molecule has 1 aliphatic heterocycles. The lowest BCUT2D eigenvalue weighted by Gasteiger charge is -2.22. The molecule has 22 heavy (non-hydrogen) atoms. The first kappa shape index (κ1) is 14.8. The second-order valence-electron chi connectivity index (χ2n) is 5.87. The van der Waals surface area contributed by atoms with Gasteiger partial charge in [-0.25, -0.2) is 4.68 Å². The molecule has 5 heteroatoms. The molecule has 2 N–H and O–H groups in total. The van der Waals surface area contributed by atoms with Gasteiger partial charge in [0.1, 0.15) is 0 Å². The van der Waals surface area contributed by atoms with E-state index in [-0.39, 0.29) is 11.5 Å². The lowest BCUT2D eigenvalue weighted by atomic mass is 9.91. The second kappa shape index (κ2) is 5.93. The molecule has 116 valence electrons. The van der Waals surface area contributed by atoms with Crippen LogP contribution in [0.25, 0.3) is 11.3 Å². The molecule has 0 bridgehead atoms. The van der Waals surface area contributed by atoms with Crippen molar-refractivity contribution in [3.05, 3.63) is 45.7 Å². The summed E-state index contributed by atoms with van der Waals surface area (Å²) in [5, 5.41) is 4.42. The number of benzene rings is 1. The normalized spacial score (nSPS) is 15.9. The largest absolute Gasteiger partial charge is 0.399 e. The van der Waals surface area contributed by atoms with E-state index in [0.717, 1.165) is 35.2 Å². The van der Waals surface area contributed by atoms with Crippen LogP contribution in [0.1, 0.15) is 29.9 Å². The fraction of sp³-hybridized carbons (Fsp3) is 0.412. The minimum atomic E-state index is -0.0165. The van der Waals surface area contributed by atoms with Gasteiger partial charge >= 0.3 is 0 Å². The van der Waals surface area contributed by atoms with Crippen LogP contribution in [0.4, 0.5) is 5.69 Å². The summed E-state index contributed by atoms with van der Waals surface area (Å²) < 4.78 is 6.83. The van der Waals surface area contributed by atoms with Gasteiger partial charge in [0.2, 0.25) is 0 Å². The summed E-state index contributed by atoms with van der Waals surface area (Å²) in [5.74, 6) is 0.246. The van der Waals surface area contributed by atoms with Gasteiger partial charge in [-0.1, -0.05) is 6.07 Å². The van der Waals surface area contributed by atoms with Crippen LogP contribution in [0.15, 0.2) is 29.1 Å². The Bertz CT molecular complexity index is 746. The first-order valence-corrected chi connectivity index (χ1v) is 7.59. The first-order valence-electron chi connectivity index (χ1n) is 7.59. The van der Waals surface area contributed by atoms with Crippen LogP contribution < -0.4 is 11.3 Å². The molecule has 2 aromatic rings. The smallest absolute Gasteiger partial charge is 0.269 e. The number of hydrogen-bond donors (Lipinski definition) is 1. The minimum absolute atomic E-state index is 0.0165. The molecule has 0 aliphatic carbocycles. The number of rotatable bonds is 2. The van der Waals surface area contributed by atoms with Crippen LogP contribution in [0, 0.1) is 6.92 Å². The van der Waals surface area contributed by atoms with E-state index in [1.54, 1.807) is 7.05 Å². The first-order chi connectivity index (χ1) is 10.6. The van der Waals surface area contributed by atoms with Crippen molar-refractivity contribution in [1.82, 2.24) is 9.78 Å². The summed E-state index contributed by atoms with van der Waals surface area (Å²) in [5.41, 5.74) is 10.3. The molecule has 0 saturated carbocycles. The van der Waals surface area contributed by atoms with Crippen LogP contribution in [-0.2, 0) is 11.8 Å². The molecular weight excluding hydrogens is 278 g/mol. The third kappa shape index (κ3) is 2.76. The summed E-state index contributed by atoms with van der Waals surface area (Å²) in [6, 6.07) is 7.70. The van der Waals surface area contributed by atoms with Gasteiger partial charge in [-0.15, -0.1) is 0 Å². The van der Waals surface area contributed by atoms with Crippen LogP contribution in [-0.4, -0.2) is 23.0 Å². The highest BCUT2D eigenvalue weighted by Crippen LogP contribution is 2.28. The van der Waals surface area contributed by atoms with E-state index in [0.29, 0.717) is 18.9 Å². The van der Waals surface area contributed by atoms with E-state index < -0.39 is 0 Å². The maximum absolute atomic E-state index is 12.4. The molecule has 0 unspecified atom stereocenters. The topological polar surface area (TPSA) is 70.1 Å². The monoisotopic (exact) mass is 299 g/mol. The molecule has 2 heterocycles. The summed E-state index contributed by atoms with van der Waals surface area (Å²) in [7, 11) is 1.70. The maximum Gasteiger partial charge on any atom is 0.269 e. The van der Waals surface area contributed by atoms with Crippen molar-refractivity contribution in [3.8, 4) is 11.3 Å². The minimum Gasteiger partial charge on any atom is -0.399 e. The number of nitrogens with two attached hydrogens (primary N) is 1. The summed E-state index contributed by atoms with van der Waals surface area (Å²) >= 11 is 0. The van der Waals surface area contributed by atoms with Gasteiger partial charge in [0, 0.05) is 37.1 Å². The van der Waals surface area contributed by atoms with Gasteiger partial charge in [-0.2, -0.15) is 5.10 Å². The van der Waals surface area contributed by atoms with E-state index in [1.807, 2.05) is 31.2 Å². The number of nitrogen functional groups attached to an aromatic ring is 1. The average Bonchev–Trinajstić information content (AvgIpc) is 2.53. The van der Waals surface area contributed by atoms with E-state index in [1.165, 1.54) is 4.68 Å². The van der Waals surface area contributed by atoms with Crippen LogP contribution in [0.3, 0.4) is 0 Å². The summed E-state index contributed by atoms with van der Waals surface area (Å²) in [4.78, 5) is 12.4. The van der Waals surface area contributed by atoms with Gasteiger partial charge in [0.25, 0.3) is 5.56 Å². The molecule has 1 fully saturated rings. The predicted octanol–water partition coefficient (Wildman–Crippen LogP) is 2.23. The van der Waals surface area contributed by atoms with Crippen LogP contribution in [0.2, 0.25) is 0 Å². The highest BCUT2D eigenvalue weighted by Gasteiger charge is 2.21. The molecule has 1 aliphatic rings. The predicted molar refractivity (Wildman–Crippen MR) is 86.9 cm³/mol. The Morgan fingerprint density at radius 3 is 2.73 bits per heavy atom. The maximum atomic E-state index is 12.4. The molecule has 1 aromatic carbocycles. The Hall–Kier alpha value is -2.14. The SMILES string of the molecule is Cc1ccc(N)cc1-c1cc(C2CCOCC2)c(=O)n(C)n1. The van der Waals surface area contributed by atoms with Gasteiger partial charge in [0.15, 0.2) is 0 Å². The molecule has 0 radical (unpaired) electrons. The molecule has 3 rings (SSSR count). The zero-order valence-electron chi connectivity index (χ0n) is 13.0. The molecule has 0 atom stereocenters. The highest BCUT2D eigenvalue weighted by molar-refractivity contribution is 5.68. The Labute approximate surface area is 129 Å². The Kier molecular flexibility index (Phi) is 3.98. The van der Waals surface area contributed by atoms with Crippen LogP contribution >= 0.6 is 0 Å². The third-order valence-corrected chi connectivity index (χ3v) is 4.29. The van der Waals surface area contributed by atoms with Crippen molar-refractivity contribution >= 4 is 5.69 Å². The number of nitrogens with zero attached hydrogens (tertiary/aromatic N) is 2. The van der Waals surface area contributed by atoms with Crippen molar-refractivity contribution in [2.24, 2.45) is 7.05 Å². The van der Waals surface area contributed by atoms with Crippen molar-refractivity contribution in [2.45, 2.75) is 25.7 Å². The van der Waals surface area contributed by atoms with E-state index >= 15 is 0 Å². The Balaban J connectivity index is 2.11. The molecule has 1 saturated heterocycles. The lowest BCUT2D eigenvalue weighted by molar-refractivity contribution is 0.0849. The number of anilines is 1. The van der Waals surface area contributed by atoms with Crippen molar-refractivity contribution in [3.63, 3.8) is 0 Å². The fourth-order valence-electron chi connectivity index (χ4n) is 2.98. The van der Waals surface area contributed by atoms with Crippen molar-refractivity contribution in [2.75, 3.05) is 18.9 Å². The Morgan fingerprint density at radius 2 is 2.00 bits per heavy atom. The molecule has 0 spiro atoms. The van der Waals surface area contributed by atoms with E-state index in [4.69, 9.17) is 10.5 Å². The fourth-order valence-corrected chi connectivity index (χ4v) is 2.98. The van der Waals surface area contributed by atoms with Gasteiger partial charge < -0.3 is 10.5 Å². The van der Waals surface area contributed by atoms with Gasteiger partial charge in [0.05, 0.1) is 5.69 Å². The Morgan fingerprint density at radius 1 is 1.27 bits per heavy atom. The number of aryl methyl sites for hydroxylation is 2.